The fourth-order valence-corrected chi connectivity index (χ4v) is 2.03. The fourth-order valence-electron chi connectivity index (χ4n) is 1.92. The quantitative estimate of drug-likeness (QED) is 0.211. The lowest BCUT2D eigenvalue weighted by Crippen LogP contribution is -2.26. The van der Waals surface area contributed by atoms with Gasteiger partial charge in [-0.25, -0.2) is 4.98 Å². The van der Waals surface area contributed by atoms with Crippen molar-refractivity contribution in [3.8, 4) is 0 Å². The third kappa shape index (κ3) is 9.66. The number of hydrogen-bond acceptors (Lipinski definition) is 4. The Labute approximate surface area is 171 Å². The number of hydrogen-bond donors (Lipinski definition) is 4. The van der Waals surface area contributed by atoms with Crippen molar-refractivity contribution in [3.63, 3.8) is 0 Å². The van der Waals surface area contributed by atoms with Crippen LogP contribution in [-0.4, -0.2) is 16.9 Å². The largest absolute Gasteiger partial charge is 0.384 e. The van der Waals surface area contributed by atoms with Crippen LogP contribution >= 0.6 is 12.6 Å². The van der Waals surface area contributed by atoms with E-state index in [0.717, 1.165) is 17.0 Å². The smallest absolute Gasteiger partial charge is 0.137 e. The molecule has 0 amide bonds. The summed E-state index contributed by atoms with van der Waals surface area (Å²) in [7, 11) is 0. The van der Waals surface area contributed by atoms with Crippen LogP contribution in [0.3, 0.4) is 0 Å². The van der Waals surface area contributed by atoms with Crippen molar-refractivity contribution < 1.29 is 0 Å². The summed E-state index contributed by atoms with van der Waals surface area (Å²) >= 11 is 4.14. The van der Waals surface area contributed by atoms with E-state index in [1.54, 1.807) is 0 Å². The van der Waals surface area contributed by atoms with Gasteiger partial charge in [0.25, 0.3) is 0 Å². The predicted molar refractivity (Wildman–Crippen MR) is 124 cm³/mol. The molecule has 152 valence electrons. The van der Waals surface area contributed by atoms with Gasteiger partial charge >= 0.3 is 0 Å². The van der Waals surface area contributed by atoms with Crippen molar-refractivity contribution in [1.82, 2.24) is 4.98 Å². The molecule has 0 aromatic carbocycles. The summed E-state index contributed by atoms with van der Waals surface area (Å²) in [5.41, 5.74) is 7.27. The number of nitrogens with one attached hydrogen (secondary N) is 2. The van der Waals surface area contributed by atoms with Crippen LogP contribution in [0.5, 0.6) is 0 Å². The number of nitrogens with two attached hydrogens (primary N) is 1. The van der Waals surface area contributed by atoms with E-state index in [9.17, 15) is 0 Å². The van der Waals surface area contributed by atoms with E-state index >= 15 is 0 Å². The zero-order valence-corrected chi connectivity index (χ0v) is 19.1. The van der Waals surface area contributed by atoms with Crippen LogP contribution in [0.25, 0.3) is 0 Å². The van der Waals surface area contributed by atoms with E-state index in [4.69, 9.17) is 11.1 Å². The lowest BCUT2D eigenvalue weighted by Gasteiger charge is -2.23. The van der Waals surface area contributed by atoms with Gasteiger partial charge in [0.2, 0.25) is 0 Å². The molecule has 0 spiro atoms. The van der Waals surface area contributed by atoms with Crippen molar-refractivity contribution in [3.05, 3.63) is 46.5 Å². The molecular weight excluding hydrogens is 352 g/mol. The molecule has 1 unspecified atom stereocenters. The number of nitrogens with zero attached hydrogens (tertiary/aromatic N) is 1. The summed E-state index contributed by atoms with van der Waals surface area (Å²) in [6, 6.07) is 4.11. The second kappa shape index (κ2) is 11.9. The molecule has 1 aromatic heterocycles. The number of anilines is 1. The lowest BCUT2D eigenvalue weighted by atomic mass is 9.91. The number of pyridine rings is 1. The summed E-state index contributed by atoms with van der Waals surface area (Å²) < 4.78 is 0. The highest BCUT2D eigenvalue weighted by atomic mass is 32.1. The Morgan fingerprint density at radius 3 is 2.30 bits per heavy atom. The first-order chi connectivity index (χ1) is 12.4. The van der Waals surface area contributed by atoms with Crippen LogP contribution < -0.4 is 11.1 Å². The molecule has 0 aliphatic carbocycles. The maximum Gasteiger partial charge on any atom is 0.137 e. The van der Waals surface area contributed by atoms with Gasteiger partial charge in [-0.2, -0.15) is 0 Å². The first-order valence-electron chi connectivity index (χ1n) is 9.58. The number of rotatable bonds is 6. The van der Waals surface area contributed by atoms with Gasteiger partial charge in [0.15, 0.2) is 0 Å². The van der Waals surface area contributed by atoms with E-state index in [0.29, 0.717) is 17.3 Å². The molecule has 1 rings (SSSR count). The summed E-state index contributed by atoms with van der Waals surface area (Å²) in [4.78, 5) is 5.69. The van der Waals surface area contributed by atoms with E-state index in [-0.39, 0.29) is 17.3 Å². The van der Waals surface area contributed by atoms with Crippen molar-refractivity contribution in [1.29, 1.82) is 5.41 Å². The molecule has 27 heavy (non-hydrogen) atoms. The molecule has 0 radical (unpaired) electrons. The van der Waals surface area contributed by atoms with E-state index in [1.165, 1.54) is 0 Å². The first kappa shape index (κ1) is 25.2. The van der Waals surface area contributed by atoms with Gasteiger partial charge in [-0.3, -0.25) is 5.41 Å². The third-order valence-electron chi connectivity index (χ3n) is 4.14. The van der Waals surface area contributed by atoms with E-state index in [1.807, 2.05) is 31.2 Å². The SMILES string of the molecule is C/C=C(S)\C=C/CC.CC(C)C(C)Nc1nc(C(C)(C)C)ccc1C(=N)N. The third-order valence-corrected chi connectivity index (χ3v) is 4.55. The van der Waals surface area contributed by atoms with Gasteiger partial charge in [0.05, 0.1) is 5.56 Å². The lowest BCUT2D eigenvalue weighted by molar-refractivity contribution is 0.551. The number of aromatic nitrogens is 1. The summed E-state index contributed by atoms with van der Waals surface area (Å²) in [5, 5.41) is 11.0. The fraction of sp³-hybridized carbons (Fsp3) is 0.545. The number of thiol groups is 1. The second-order valence-corrected chi connectivity index (χ2v) is 8.47. The molecule has 0 aliphatic rings. The highest BCUT2D eigenvalue weighted by molar-refractivity contribution is 7.84. The Hall–Kier alpha value is -1.75. The molecule has 0 saturated carbocycles. The Balaban J connectivity index is 0.000000713. The molecule has 1 heterocycles. The Kier molecular flexibility index (Phi) is 11.1. The van der Waals surface area contributed by atoms with Gasteiger partial charge in [0, 0.05) is 17.2 Å². The van der Waals surface area contributed by atoms with Crippen LogP contribution in [-0.2, 0) is 5.41 Å². The van der Waals surface area contributed by atoms with Crippen molar-refractivity contribution in [2.24, 2.45) is 11.7 Å². The van der Waals surface area contributed by atoms with Gasteiger partial charge in [-0.1, -0.05) is 59.8 Å². The normalized spacial score (nSPS) is 13.3. The molecule has 0 saturated heterocycles. The molecule has 4 nitrogen and oxygen atoms in total. The minimum Gasteiger partial charge on any atom is -0.384 e. The summed E-state index contributed by atoms with van der Waals surface area (Å²) in [6.07, 6.45) is 7.14. The van der Waals surface area contributed by atoms with Crippen LogP contribution in [0, 0.1) is 11.3 Å². The van der Waals surface area contributed by atoms with Gasteiger partial charge < -0.3 is 11.1 Å². The minimum absolute atomic E-state index is 0.0210. The van der Waals surface area contributed by atoms with Crippen molar-refractivity contribution in [2.75, 3.05) is 5.32 Å². The highest BCUT2D eigenvalue weighted by Gasteiger charge is 2.19. The zero-order chi connectivity index (χ0) is 21.2. The van der Waals surface area contributed by atoms with Crippen LogP contribution in [0.2, 0.25) is 0 Å². The standard InChI is InChI=1S/C15H26N4.C7H12S/c1-9(2)10(3)18-14-11(13(16)17)7-8-12(19-14)15(4,5)6;1-3-5-6-7(8)4-2/h7-10H,1-6H3,(H3,16,17)(H,18,19);4-6,8H,3H2,1-2H3/b;6-5-,7-4+. The Bertz CT molecular complexity index is 655. The summed E-state index contributed by atoms with van der Waals surface area (Å²) in [5.74, 6) is 1.24. The average molecular weight is 391 g/mol. The molecule has 1 aromatic rings. The molecule has 1 atom stereocenters. The monoisotopic (exact) mass is 390 g/mol. The van der Waals surface area contributed by atoms with Crippen LogP contribution in [0.1, 0.15) is 73.1 Å². The summed E-state index contributed by atoms with van der Waals surface area (Å²) in [6.45, 7) is 16.9. The number of amidine groups is 1. The van der Waals surface area contributed by atoms with Crippen LogP contribution in [0.15, 0.2) is 35.3 Å². The second-order valence-electron chi connectivity index (χ2n) is 7.96. The Morgan fingerprint density at radius 1 is 1.30 bits per heavy atom. The molecule has 0 fully saturated rings. The highest BCUT2D eigenvalue weighted by Crippen LogP contribution is 2.24. The van der Waals surface area contributed by atoms with Crippen molar-refractivity contribution in [2.45, 2.75) is 73.3 Å². The molecule has 5 heteroatoms. The molecule has 0 bridgehead atoms. The average Bonchev–Trinajstić information content (AvgIpc) is 2.58. The van der Waals surface area contributed by atoms with Crippen molar-refractivity contribution >= 4 is 24.3 Å². The first-order valence-corrected chi connectivity index (χ1v) is 10.0. The maximum absolute atomic E-state index is 7.65. The minimum atomic E-state index is -0.0210. The number of allylic oxidation sites excluding steroid dienone is 3. The molecular formula is C22H38N4S. The Morgan fingerprint density at radius 2 is 1.89 bits per heavy atom. The van der Waals surface area contributed by atoms with E-state index < -0.39 is 0 Å². The molecule has 0 aliphatic heterocycles. The number of nitrogen functional groups attached to an aromatic ring is 1. The van der Waals surface area contributed by atoms with E-state index in [2.05, 4.69) is 77.5 Å². The topological polar surface area (TPSA) is 74.8 Å². The maximum atomic E-state index is 7.65. The van der Waals surface area contributed by atoms with Gasteiger partial charge in [0.1, 0.15) is 11.7 Å². The zero-order valence-electron chi connectivity index (χ0n) is 18.2. The molecule has 4 N–H and O–H groups in total. The van der Waals surface area contributed by atoms with Crippen LogP contribution in [0.4, 0.5) is 5.82 Å². The van der Waals surface area contributed by atoms with Gasteiger partial charge in [-0.15, -0.1) is 12.6 Å². The van der Waals surface area contributed by atoms with Gasteiger partial charge in [-0.05, 0) is 43.2 Å². The predicted octanol–water partition coefficient (Wildman–Crippen LogP) is 5.91.